The van der Waals surface area contributed by atoms with E-state index in [-0.39, 0.29) is 0 Å². The molecule has 31 heavy (non-hydrogen) atoms. The Morgan fingerprint density at radius 3 is 2.52 bits per heavy atom. The summed E-state index contributed by atoms with van der Waals surface area (Å²) in [4.78, 5) is 29.1. The van der Waals surface area contributed by atoms with Crippen LogP contribution in [-0.4, -0.2) is 9.55 Å². The number of hydrogen-bond acceptors (Lipinski definition) is 3. The van der Waals surface area contributed by atoms with Gasteiger partial charge in [-0.05, 0) is 47.3 Å². The van der Waals surface area contributed by atoms with Crippen LogP contribution in [0.5, 0.6) is 0 Å². The SMILES string of the molecule is N#Cc1ccc(Cl)c(-c2ccc3c(=O)n(-c4cccc5ccccc45)c(=O)[nH]c3c2)c1. The lowest BCUT2D eigenvalue weighted by Gasteiger charge is -2.11. The Balaban J connectivity index is 1.75. The predicted molar refractivity (Wildman–Crippen MR) is 123 cm³/mol. The van der Waals surface area contributed by atoms with E-state index >= 15 is 0 Å². The van der Waals surface area contributed by atoms with E-state index in [4.69, 9.17) is 11.6 Å². The van der Waals surface area contributed by atoms with Crippen LogP contribution in [0, 0.1) is 11.3 Å². The molecule has 1 heterocycles. The van der Waals surface area contributed by atoms with Crippen LogP contribution in [0.1, 0.15) is 5.56 Å². The minimum Gasteiger partial charge on any atom is -0.306 e. The van der Waals surface area contributed by atoms with Crippen LogP contribution >= 0.6 is 11.6 Å². The molecule has 0 aliphatic carbocycles. The van der Waals surface area contributed by atoms with Crippen LogP contribution < -0.4 is 11.2 Å². The molecular weight excluding hydrogens is 410 g/mol. The molecule has 0 fully saturated rings. The molecule has 1 N–H and O–H groups in total. The molecule has 0 aliphatic heterocycles. The molecule has 4 aromatic carbocycles. The van der Waals surface area contributed by atoms with Gasteiger partial charge in [-0.2, -0.15) is 5.26 Å². The highest BCUT2D eigenvalue weighted by Crippen LogP contribution is 2.30. The van der Waals surface area contributed by atoms with Gasteiger partial charge in [0.1, 0.15) is 0 Å². The van der Waals surface area contributed by atoms with Crippen molar-refractivity contribution in [1.29, 1.82) is 5.26 Å². The molecule has 0 unspecified atom stereocenters. The van der Waals surface area contributed by atoms with E-state index in [1.807, 2.05) is 36.4 Å². The normalized spacial score (nSPS) is 11.0. The van der Waals surface area contributed by atoms with Crippen molar-refractivity contribution < 1.29 is 0 Å². The van der Waals surface area contributed by atoms with Crippen molar-refractivity contribution in [2.24, 2.45) is 0 Å². The highest BCUT2D eigenvalue weighted by molar-refractivity contribution is 6.33. The molecule has 0 saturated heterocycles. The molecule has 1 aromatic heterocycles. The molecule has 0 radical (unpaired) electrons. The summed E-state index contributed by atoms with van der Waals surface area (Å²) in [6.07, 6.45) is 0. The summed E-state index contributed by atoms with van der Waals surface area (Å²) in [5.41, 5.74) is 1.83. The molecule has 0 spiro atoms. The Labute approximate surface area is 181 Å². The number of benzene rings is 4. The van der Waals surface area contributed by atoms with E-state index in [0.717, 1.165) is 15.3 Å². The highest BCUT2D eigenvalue weighted by Gasteiger charge is 2.13. The Hall–Kier alpha value is -4.14. The van der Waals surface area contributed by atoms with Gasteiger partial charge in [0.25, 0.3) is 5.56 Å². The molecule has 6 heteroatoms. The van der Waals surface area contributed by atoms with Gasteiger partial charge in [0.05, 0.1) is 28.2 Å². The number of aromatic amines is 1. The quantitative estimate of drug-likeness (QED) is 0.432. The molecule has 5 aromatic rings. The number of aromatic nitrogens is 2. The topological polar surface area (TPSA) is 78.7 Å². The molecule has 0 aliphatic rings. The highest BCUT2D eigenvalue weighted by atomic mass is 35.5. The third kappa shape index (κ3) is 3.10. The summed E-state index contributed by atoms with van der Waals surface area (Å²) in [6.45, 7) is 0. The maximum absolute atomic E-state index is 13.3. The molecule has 148 valence electrons. The third-order valence-electron chi connectivity index (χ3n) is 5.31. The number of nitriles is 1. The van der Waals surface area contributed by atoms with E-state index < -0.39 is 11.2 Å². The molecule has 0 atom stereocenters. The van der Waals surface area contributed by atoms with Crippen LogP contribution in [0.4, 0.5) is 0 Å². The van der Waals surface area contributed by atoms with E-state index in [1.165, 1.54) is 0 Å². The summed E-state index contributed by atoms with van der Waals surface area (Å²) >= 11 is 6.32. The standard InChI is InChI=1S/C25H14ClN3O2/c26-21-11-8-15(14-27)12-20(21)17-9-10-19-22(13-17)28-25(31)29(24(19)30)23-7-3-5-16-4-1-2-6-18(16)23/h1-13H,(H,28,31). The minimum atomic E-state index is -0.525. The Morgan fingerprint density at radius 1 is 0.871 bits per heavy atom. The molecule has 0 bridgehead atoms. The zero-order chi connectivity index (χ0) is 21.5. The van der Waals surface area contributed by atoms with Crippen molar-refractivity contribution >= 4 is 33.3 Å². The minimum absolute atomic E-state index is 0.379. The van der Waals surface area contributed by atoms with Crippen molar-refractivity contribution in [3.63, 3.8) is 0 Å². The van der Waals surface area contributed by atoms with Crippen LogP contribution in [0.15, 0.2) is 88.5 Å². The first-order chi connectivity index (χ1) is 15.1. The van der Waals surface area contributed by atoms with Crippen molar-refractivity contribution in [3.8, 4) is 22.9 Å². The van der Waals surface area contributed by atoms with Crippen LogP contribution in [0.25, 0.3) is 38.5 Å². The van der Waals surface area contributed by atoms with Crippen molar-refractivity contribution in [2.45, 2.75) is 0 Å². The maximum atomic E-state index is 13.3. The van der Waals surface area contributed by atoms with Gasteiger partial charge in [-0.25, -0.2) is 9.36 Å². The maximum Gasteiger partial charge on any atom is 0.333 e. The van der Waals surface area contributed by atoms with Gasteiger partial charge in [-0.1, -0.05) is 54.1 Å². The summed E-state index contributed by atoms with van der Waals surface area (Å²) in [6, 6.07) is 25.3. The van der Waals surface area contributed by atoms with Gasteiger partial charge in [0.15, 0.2) is 0 Å². The van der Waals surface area contributed by atoms with E-state index in [1.54, 1.807) is 42.5 Å². The average molecular weight is 424 g/mol. The third-order valence-corrected chi connectivity index (χ3v) is 5.64. The molecule has 5 nitrogen and oxygen atoms in total. The smallest absolute Gasteiger partial charge is 0.306 e. The lowest BCUT2D eigenvalue weighted by molar-refractivity contribution is 0.908. The summed E-state index contributed by atoms with van der Waals surface area (Å²) in [7, 11) is 0. The fraction of sp³-hybridized carbons (Fsp3) is 0. The molecular formula is C25H14ClN3O2. The van der Waals surface area contributed by atoms with Crippen molar-refractivity contribution in [2.75, 3.05) is 0 Å². The van der Waals surface area contributed by atoms with Crippen LogP contribution in [0.3, 0.4) is 0 Å². The van der Waals surface area contributed by atoms with Crippen LogP contribution in [0.2, 0.25) is 5.02 Å². The number of halogens is 1. The number of hydrogen-bond donors (Lipinski definition) is 1. The second-order valence-corrected chi connectivity index (χ2v) is 7.54. The number of fused-ring (bicyclic) bond motifs is 2. The van der Waals surface area contributed by atoms with E-state index in [0.29, 0.717) is 38.3 Å². The first-order valence-electron chi connectivity index (χ1n) is 9.54. The number of rotatable bonds is 2. The summed E-state index contributed by atoms with van der Waals surface area (Å²) in [5, 5.41) is 11.8. The fourth-order valence-electron chi connectivity index (χ4n) is 3.82. The van der Waals surface area contributed by atoms with Gasteiger partial charge in [-0.3, -0.25) is 4.79 Å². The molecule has 0 saturated carbocycles. The van der Waals surface area contributed by atoms with Gasteiger partial charge in [-0.15, -0.1) is 0 Å². The summed E-state index contributed by atoms with van der Waals surface area (Å²) < 4.78 is 1.16. The number of nitrogens with zero attached hydrogens (tertiary/aromatic N) is 2. The van der Waals surface area contributed by atoms with Crippen molar-refractivity contribution in [3.05, 3.63) is 110 Å². The van der Waals surface area contributed by atoms with Gasteiger partial charge in [0, 0.05) is 16.0 Å². The Bertz CT molecular complexity index is 1650. The van der Waals surface area contributed by atoms with Gasteiger partial charge >= 0.3 is 5.69 Å². The first kappa shape index (κ1) is 18.9. The zero-order valence-electron chi connectivity index (χ0n) is 16.1. The largest absolute Gasteiger partial charge is 0.333 e. The average Bonchev–Trinajstić information content (AvgIpc) is 2.79. The Kier molecular flexibility index (Phi) is 4.43. The second-order valence-electron chi connectivity index (χ2n) is 7.14. The second kappa shape index (κ2) is 7.28. The Morgan fingerprint density at radius 2 is 1.68 bits per heavy atom. The van der Waals surface area contributed by atoms with Gasteiger partial charge in [0.2, 0.25) is 0 Å². The van der Waals surface area contributed by atoms with E-state index in [9.17, 15) is 14.9 Å². The molecule has 0 amide bonds. The number of H-pyrrole nitrogens is 1. The zero-order valence-corrected chi connectivity index (χ0v) is 16.9. The predicted octanol–water partition coefficient (Wildman–Crippen LogP) is 5.02. The number of nitrogens with one attached hydrogen (secondary N) is 1. The fourth-order valence-corrected chi connectivity index (χ4v) is 4.05. The van der Waals surface area contributed by atoms with Crippen molar-refractivity contribution in [1.82, 2.24) is 9.55 Å². The van der Waals surface area contributed by atoms with Gasteiger partial charge < -0.3 is 4.98 Å². The lowest BCUT2D eigenvalue weighted by atomic mass is 10.0. The molecule has 5 rings (SSSR count). The van der Waals surface area contributed by atoms with E-state index in [2.05, 4.69) is 11.1 Å². The first-order valence-corrected chi connectivity index (χ1v) is 9.92. The summed E-state index contributed by atoms with van der Waals surface area (Å²) in [5.74, 6) is 0. The monoisotopic (exact) mass is 423 g/mol. The lowest BCUT2D eigenvalue weighted by Crippen LogP contribution is -2.33. The van der Waals surface area contributed by atoms with Crippen LogP contribution in [-0.2, 0) is 0 Å².